The molecule has 0 aromatic heterocycles. The minimum Gasteiger partial charge on any atom is -0.492 e. The molecule has 37 heavy (non-hydrogen) atoms. The molecule has 0 unspecified atom stereocenters. The number of ketones is 2. The lowest BCUT2D eigenvalue weighted by Gasteiger charge is -2.06. The Labute approximate surface area is 216 Å². The highest BCUT2D eigenvalue weighted by Crippen LogP contribution is 2.24. The normalized spacial score (nSPS) is 11.5. The van der Waals surface area contributed by atoms with E-state index in [-0.39, 0.29) is 18.0 Å². The van der Waals surface area contributed by atoms with Crippen molar-refractivity contribution in [3.05, 3.63) is 96.1 Å². The molecule has 0 heterocycles. The van der Waals surface area contributed by atoms with Crippen LogP contribution in [0.2, 0.25) is 0 Å². The molecule has 6 heteroatoms. The summed E-state index contributed by atoms with van der Waals surface area (Å²) in [6.45, 7) is 1.86. The smallest absolute Gasteiger partial charge is 0.163 e. The van der Waals surface area contributed by atoms with Crippen molar-refractivity contribution in [2.45, 2.75) is 6.42 Å². The fourth-order valence-corrected chi connectivity index (χ4v) is 3.89. The molecule has 0 amide bonds. The van der Waals surface area contributed by atoms with E-state index in [0.29, 0.717) is 26.3 Å². The summed E-state index contributed by atoms with van der Waals surface area (Å²) in [7, 11) is 0. The van der Waals surface area contributed by atoms with Gasteiger partial charge in [-0.05, 0) is 81.2 Å². The van der Waals surface area contributed by atoms with Crippen LogP contribution in [-0.2, 0) is 9.59 Å². The summed E-state index contributed by atoms with van der Waals surface area (Å²) < 4.78 is 11.1. The van der Waals surface area contributed by atoms with Gasteiger partial charge >= 0.3 is 0 Å². The molecule has 4 aromatic carbocycles. The van der Waals surface area contributed by atoms with E-state index < -0.39 is 0 Å². The van der Waals surface area contributed by atoms with Crippen molar-refractivity contribution < 1.29 is 19.1 Å². The first-order valence-corrected chi connectivity index (χ1v) is 12.2. The lowest BCUT2D eigenvalue weighted by Crippen LogP contribution is -2.10. The van der Waals surface area contributed by atoms with Gasteiger partial charge in [-0.25, -0.2) is 0 Å². The van der Waals surface area contributed by atoms with E-state index in [9.17, 15) is 9.59 Å². The first-order valence-electron chi connectivity index (χ1n) is 12.2. The van der Waals surface area contributed by atoms with Crippen LogP contribution in [0.1, 0.15) is 17.5 Å². The summed E-state index contributed by atoms with van der Waals surface area (Å²) in [4.78, 5) is 24.7. The fraction of sp³-hybridized carbons (Fsp3) is 0.161. The van der Waals surface area contributed by atoms with Gasteiger partial charge in [-0.2, -0.15) is 0 Å². The molecule has 0 aliphatic carbocycles. The SMILES string of the molecule is NCCOc1ccc2cc(/C=C/C(=O)CC(=O)/C=C/c3ccc4cc(OCCN)ccc4c3)ccc2c1. The van der Waals surface area contributed by atoms with Crippen LogP contribution in [0.15, 0.2) is 84.9 Å². The average molecular weight is 495 g/mol. The molecule has 0 fully saturated rings. The second-order valence-corrected chi connectivity index (χ2v) is 8.59. The van der Waals surface area contributed by atoms with E-state index >= 15 is 0 Å². The Hall–Kier alpha value is -4.26. The number of allylic oxidation sites excluding steroid dienone is 2. The summed E-state index contributed by atoms with van der Waals surface area (Å²) in [5.41, 5.74) is 12.7. The molecule has 0 bridgehead atoms. The largest absolute Gasteiger partial charge is 0.492 e. The monoisotopic (exact) mass is 494 g/mol. The predicted molar refractivity (Wildman–Crippen MR) is 150 cm³/mol. The van der Waals surface area contributed by atoms with Gasteiger partial charge in [-0.3, -0.25) is 9.59 Å². The number of hydrogen-bond acceptors (Lipinski definition) is 6. The highest BCUT2D eigenvalue weighted by Gasteiger charge is 2.05. The predicted octanol–water partition coefficient (Wildman–Crippen LogP) is 4.92. The van der Waals surface area contributed by atoms with Crippen molar-refractivity contribution in [3.63, 3.8) is 0 Å². The maximum atomic E-state index is 12.3. The molecule has 0 atom stereocenters. The van der Waals surface area contributed by atoms with Crippen molar-refractivity contribution >= 4 is 45.3 Å². The van der Waals surface area contributed by atoms with E-state index in [1.54, 1.807) is 12.2 Å². The number of benzene rings is 4. The summed E-state index contributed by atoms with van der Waals surface area (Å²) in [6, 6.07) is 23.4. The van der Waals surface area contributed by atoms with Gasteiger partial charge in [0.1, 0.15) is 24.7 Å². The Morgan fingerprint density at radius 3 is 1.43 bits per heavy atom. The molecular weight excluding hydrogens is 464 g/mol. The Kier molecular flexibility index (Phi) is 8.81. The molecule has 0 radical (unpaired) electrons. The van der Waals surface area contributed by atoms with Crippen molar-refractivity contribution in [2.75, 3.05) is 26.3 Å². The Morgan fingerprint density at radius 2 is 1.00 bits per heavy atom. The number of nitrogens with two attached hydrogens (primary N) is 2. The molecule has 0 saturated heterocycles. The van der Waals surface area contributed by atoms with Gasteiger partial charge in [0.05, 0.1) is 6.42 Å². The Morgan fingerprint density at radius 1 is 0.595 bits per heavy atom. The standard InChI is InChI=1S/C31H30N2O4/c32-13-15-36-30-11-7-24-17-22(1-5-26(24)19-30)3-9-28(34)21-29(35)10-4-23-2-6-27-20-31(37-16-14-33)12-8-25(27)18-23/h1-12,17-20H,13-16,21,32-33H2/b9-3+,10-4+. The summed E-state index contributed by atoms with van der Waals surface area (Å²) >= 11 is 0. The van der Waals surface area contributed by atoms with Gasteiger partial charge in [0, 0.05) is 13.1 Å². The molecule has 0 spiro atoms. The quantitative estimate of drug-likeness (QED) is 0.214. The molecule has 4 rings (SSSR count). The van der Waals surface area contributed by atoms with E-state index in [0.717, 1.165) is 44.2 Å². The van der Waals surface area contributed by atoms with Crippen LogP contribution < -0.4 is 20.9 Å². The number of fused-ring (bicyclic) bond motifs is 2. The maximum absolute atomic E-state index is 12.3. The lowest BCUT2D eigenvalue weighted by molar-refractivity contribution is -0.121. The zero-order valence-corrected chi connectivity index (χ0v) is 20.6. The van der Waals surface area contributed by atoms with E-state index in [4.69, 9.17) is 20.9 Å². The van der Waals surface area contributed by atoms with E-state index in [1.165, 1.54) is 12.2 Å². The van der Waals surface area contributed by atoms with Gasteiger partial charge in [0.15, 0.2) is 11.6 Å². The number of ether oxygens (including phenoxy) is 2. The third kappa shape index (κ3) is 7.36. The molecule has 6 nitrogen and oxygen atoms in total. The minimum absolute atomic E-state index is 0.183. The number of carbonyl (C=O) groups excluding carboxylic acids is 2. The van der Waals surface area contributed by atoms with Gasteiger partial charge in [-0.15, -0.1) is 0 Å². The lowest BCUT2D eigenvalue weighted by atomic mass is 10.0. The van der Waals surface area contributed by atoms with Gasteiger partial charge in [-0.1, -0.05) is 48.6 Å². The van der Waals surface area contributed by atoms with Crippen molar-refractivity contribution in [1.29, 1.82) is 0 Å². The van der Waals surface area contributed by atoms with Gasteiger partial charge in [0.2, 0.25) is 0 Å². The molecule has 0 aliphatic heterocycles. The van der Waals surface area contributed by atoms with Crippen LogP contribution >= 0.6 is 0 Å². The minimum atomic E-state index is -0.246. The highest BCUT2D eigenvalue weighted by atomic mass is 16.5. The van der Waals surface area contributed by atoms with E-state index in [1.807, 2.05) is 72.8 Å². The van der Waals surface area contributed by atoms with Crippen LogP contribution in [0, 0.1) is 0 Å². The topological polar surface area (TPSA) is 105 Å². The highest BCUT2D eigenvalue weighted by molar-refractivity contribution is 6.11. The third-order valence-corrected chi connectivity index (χ3v) is 5.72. The van der Waals surface area contributed by atoms with Crippen LogP contribution in [0.3, 0.4) is 0 Å². The summed E-state index contributed by atoms with van der Waals surface area (Å²) in [6.07, 6.45) is 6.18. The molecule has 188 valence electrons. The van der Waals surface area contributed by atoms with Gasteiger partial charge < -0.3 is 20.9 Å². The van der Waals surface area contributed by atoms with Gasteiger partial charge in [0.25, 0.3) is 0 Å². The number of carbonyl (C=O) groups is 2. The molecule has 0 aliphatic rings. The first-order chi connectivity index (χ1) is 18.0. The van der Waals surface area contributed by atoms with Crippen molar-refractivity contribution in [1.82, 2.24) is 0 Å². The van der Waals surface area contributed by atoms with Crippen LogP contribution in [0.4, 0.5) is 0 Å². The Balaban J connectivity index is 1.33. The van der Waals surface area contributed by atoms with E-state index in [2.05, 4.69) is 0 Å². The van der Waals surface area contributed by atoms with Crippen LogP contribution in [0.5, 0.6) is 11.5 Å². The second kappa shape index (κ2) is 12.6. The molecule has 0 saturated carbocycles. The zero-order chi connectivity index (χ0) is 26.0. The first kappa shape index (κ1) is 25.8. The number of rotatable bonds is 12. The maximum Gasteiger partial charge on any atom is 0.163 e. The molecule has 4 aromatic rings. The second-order valence-electron chi connectivity index (χ2n) is 8.59. The third-order valence-electron chi connectivity index (χ3n) is 5.72. The molecular formula is C31H30N2O4. The zero-order valence-electron chi connectivity index (χ0n) is 20.6. The number of hydrogen-bond donors (Lipinski definition) is 2. The van der Waals surface area contributed by atoms with Crippen LogP contribution in [0.25, 0.3) is 33.7 Å². The van der Waals surface area contributed by atoms with Crippen molar-refractivity contribution in [2.24, 2.45) is 11.5 Å². The van der Waals surface area contributed by atoms with Crippen molar-refractivity contribution in [3.8, 4) is 11.5 Å². The van der Waals surface area contributed by atoms with Crippen LogP contribution in [-0.4, -0.2) is 37.9 Å². The Bertz CT molecular complexity index is 1360. The fourth-order valence-electron chi connectivity index (χ4n) is 3.89. The average Bonchev–Trinajstić information content (AvgIpc) is 2.92. The molecule has 4 N–H and O–H groups in total. The summed E-state index contributed by atoms with van der Waals surface area (Å²) in [5, 5.41) is 4.13. The summed E-state index contributed by atoms with van der Waals surface area (Å²) in [5.74, 6) is 1.05.